The second-order valence-electron chi connectivity index (χ2n) is 6.95. The average Bonchev–Trinajstić information content (AvgIpc) is 2.60. The number of aliphatic hydroxyl groups is 1. The molecule has 0 fully saturated rings. The fourth-order valence-electron chi connectivity index (χ4n) is 0.777. The predicted octanol–water partition coefficient (Wildman–Crippen LogP) is -1.69. The summed E-state index contributed by atoms with van der Waals surface area (Å²) in [6.07, 6.45) is -0.979. The molecule has 0 amide bonds. The molecule has 30 heavy (non-hydrogen) atoms. The molecule has 0 bridgehead atoms. The van der Waals surface area contributed by atoms with E-state index in [0.29, 0.717) is 0 Å². The van der Waals surface area contributed by atoms with Crippen molar-refractivity contribution in [2.75, 3.05) is 0 Å². The zero-order valence-corrected chi connectivity index (χ0v) is 18.2. The first-order chi connectivity index (χ1) is 13.3. The Morgan fingerprint density at radius 1 is 0.533 bits per heavy atom. The first-order valence-electron chi connectivity index (χ1n) is 8.92. The van der Waals surface area contributed by atoms with Crippen molar-refractivity contribution in [3.05, 3.63) is 0 Å². The van der Waals surface area contributed by atoms with E-state index in [0.717, 1.165) is 0 Å². The molecule has 0 radical (unpaired) electrons. The minimum absolute atomic E-state index is 0.0208. The van der Waals surface area contributed by atoms with Crippen LogP contribution in [0.4, 0.5) is 0 Å². The van der Waals surface area contributed by atoms with Crippen LogP contribution in [0.15, 0.2) is 0 Å². The van der Waals surface area contributed by atoms with Crippen molar-refractivity contribution in [2.45, 2.75) is 71.8 Å². The van der Waals surface area contributed by atoms with Crippen molar-refractivity contribution in [3.63, 3.8) is 0 Å². The SMILES string of the molecule is CC(C)[C@H](N)C(=O)O.CC(C)[C@H](N)C(=O)O.C[C@@H](O)[C@H](N)C(=O)O.C[C@H](N)C(=O)O. The molecule has 0 aliphatic heterocycles. The Morgan fingerprint density at radius 2 is 0.733 bits per heavy atom. The molecule has 0 rings (SSSR count). The number of nitrogens with two attached hydrogens (primary N) is 4. The van der Waals surface area contributed by atoms with E-state index < -0.39 is 54.1 Å². The first-order valence-corrected chi connectivity index (χ1v) is 8.92. The molecule has 5 atom stereocenters. The lowest BCUT2D eigenvalue weighted by atomic mass is 10.1. The molecule has 0 aliphatic rings. The minimum Gasteiger partial charge on any atom is -0.480 e. The summed E-state index contributed by atoms with van der Waals surface area (Å²) in [5, 5.41) is 40.9. The fraction of sp³-hybridized carbons (Fsp3) is 0.765. The molecular formula is C17H38N4O9. The maximum absolute atomic E-state index is 10.0. The van der Waals surface area contributed by atoms with E-state index in [-0.39, 0.29) is 11.8 Å². The molecule has 0 aliphatic carbocycles. The molecule has 0 unspecified atom stereocenters. The maximum atomic E-state index is 10.0. The Labute approximate surface area is 176 Å². The molecule has 13 heteroatoms. The van der Waals surface area contributed by atoms with E-state index in [9.17, 15) is 19.2 Å². The number of rotatable bonds is 7. The highest BCUT2D eigenvalue weighted by Crippen LogP contribution is 1.96. The molecule has 0 heterocycles. The second-order valence-corrected chi connectivity index (χ2v) is 6.95. The van der Waals surface area contributed by atoms with Crippen molar-refractivity contribution in [2.24, 2.45) is 34.8 Å². The summed E-state index contributed by atoms with van der Waals surface area (Å²) < 4.78 is 0. The average molecular weight is 443 g/mol. The van der Waals surface area contributed by atoms with Crippen molar-refractivity contribution in [1.29, 1.82) is 0 Å². The van der Waals surface area contributed by atoms with Crippen LogP contribution in [-0.2, 0) is 19.2 Å². The smallest absolute Gasteiger partial charge is 0.323 e. The highest BCUT2D eigenvalue weighted by molar-refractivity contribution is 5.74. The highest BCUT2D eigenvalue weighted by Gasteiger charge is 2.16. The lowest BCUT2D eigenvalue weighted by Gasteiger charge is -2.07. The number of hydrogen-bond acceptors (Lipinski definition) is 9. The van der Waals surface area contributed by atoms with Gasteiger partial charge in [0, 0.05) is 0 Å². The van der Waals surface area contributed by atoms with Crippen LogP contribution >= 0.6 is 0 Å². The van der Waals surface area contributed by atoms with E-state index in [1.807, 2.05) is 0 Å². The lowest BCUT2D eigenvalue weighted by molar-refractivity contribution is -0.141. The minimum atomic E-state index is -1.18. The van der Waals surface area contributed by atoms with Gasteiger partial charge >= 0.3 is 23.9 Å². The number of carboxylic acids is 4. The maximum Gasteiger partial charge on any atom is 0.323 e. The zero-order valence-electron chi connectivity index (χ0n) is 18.2. The van der Waals surface area contributed by atoms with E-state index in [4.69, 9.17) is 48.5 Å². The second kappa shape index (κ2) is 18.7. The van der Waals surface area contributed by atoms with Crippen LogP contribution in [0.1, 0.15) is 41.5 Å². The van der Waals surface area contributed by atoms with Gasteiger partial charge in [0.25, 0.3) is 0 Å². The van der Waals surface area contributed by atoms with Crippen LogP contribution in [0.5, 0.6) is 0 Å². The summed E-state index contributed by atoms with van der Waals surface area (Å²) in [5.41, 5.74) is 20.1. The van der Waals surface area contributed by atoms with Crippen LogP contribution in [-0.4, -0.2) is 79.7 Å². The van der Waals surface area contributed by atoms with Crippen LogP contribution in [0.2, 0.25) is 0 Å². The number of aliphatic carboxylic acids is 4. The molecule has 0 aromatic carbocycles. The van der Waals surface area contributed by atoms with Crippen LogP contribution in [0, 0.1) is 11.8 Å². The molecule has 0 aromatic rings. The Balaban J connectivity index is -0.000000151. The number of carboxylic acid groups (broad SMARTS) is 4. The molecular weight excluding hydrogens is 404 g/mol. The van der Waals surface area contributed by atoms with Gasteiger partial charge in [-0.3, -0.25) is 19.2 Å². The van der Waals surface area contributed by atoms with Crippen molar-refractivity contribution in [1.82, 2.24) is 0 Å². The zero-order chi connectivity index (χ0) is 25.4. The molecule has 0 aromatic heterocycles. The third-order valence-electron chi connectivity index (χ3n) is 3.20. The summed E-state index contributed by atoms with van der Waals surface area (Å²) in [5.74, 6) is -3.96. The number of aliphatic hydroxyl groups excluding tert-OH is 1. The van der Waals surface area contributed by atoms with Crippen LogP contribution < -0.4 is 22.9 Å². The van der Waals surface area contributed by atoms with Gasteiger partial charge in [-0.15, -0.1) is 0 Å². The van der Waals surface area contributed by atoms with Crippen LogP contribution in [0.3, 0.4) is 0 Å². The van der Waals surface area contributed by atoms with Gasteiger partial charge in [0.05, 0.1) is 6.10 Å². The molecule has 180 valence electrons. The molecule has 0 spiro atoms. The number of hydrogen-bond donors (Lipinski definition) is 9. The highest BCUT2D eigenvalue weighted by atomic mass is 16.4. The molecule has 13 N–H and O–H groups in total. The Morgan fingerprint density at radius 3 is 0.733 bits per heavy atom. The summed E-state index contributed by atoms with van der Waals surface area (Å²) in [7, 11) is 0. The van der Waals surface area contributed by atoms with Gasteiger partial charge < -0.3 is 48.5 Å². The third-order valence-corrected chi connectivity index (χ3v) is 3.20. The van der Waals surface area contributed by atoms with E-state index in [2.05, 4.69) is 0 Å². The van der Waals surface area contributed by atoms with Gasteiger partial charge in [-0.2, -0.15) is 0 Å². The lowest BCUT2D eigenvalue weighted by Crippen LogP contribution is -2.39. The van der Waals surface area contributed by atoms with Gasteiger partial charge in [0.15, 0.2) is 0 Å². The monoisotopic (exact) mass is 442 g/mol. The van der Waals surface area contributed by atoms with E-state index >= 15 is 0 Å². The van der Waals surface area contributed by atoms with Gasteiger partial charge in [-0.25, -0.2) is 0 Å². The van der Waals surface area contributed by atoms with Gasteiger partial charge in [0.1, 0.15) is 24.2 Å². The molecule has 0 saturated carbocycles. The summed E-state index contributed by atoms with van der Waals surface area (Å²) in [6, 6.07) is -3.31. The third kappa shape index (κ3) is 23.7. The van der Waals surface area contributed by atoms with Gasteiger partial charge in [-0.1, -0.05) is 27.7 Å². The molecule has 0 saturated heterocycles. The Hall–Kier alpha value is -2.32. The van der Waals surface area contributed by atoms with Crippen molar-refractivity contribution >= 4 is 23.9 Å². The quantitative estimate of drug-likeness (QED) is 0.213. The van der Waals surface area contributed by atoms with Crippen molar-refractivity contribution in [3.8, 4) is 0 Å². The fourth-order valence-corrected chi connectivity index (χ4v) is 0.777. The van der Waals surface area contributed by atoms with Crippen LogP contribution in [0.25, 0.3) is 0 Å². The van der Waals surface area contributed by atoms with Gasteiger partial charge in [-0.05, 0) is 25.7 Å². The predicted molar refractivity (Wildman–Crippen MR) is 109 cm³/mol. The largest absolute Gasteiger partial charge is 0.480 e. The van der Waals surface area contributed by atoms with Gasteiger partial charge in [0.2, 0.25) is 0 Å². The summed E-state index contributed by atoms with van der Waals surface area (Å²) in [4.78, 5) is 39.5. The Kier molecular flexibility index (Phi) is 21.9. The first kappa shape index (κ1) is 35.1. The normalized spacial score (nSPS) is 14.8. The topological polar surface area (TPSA) is 274 Å². The van der Waals surface area contributed by atoms with E-state index in [1.54, 1.807) is 27.7 Å². The molecule has 13 nitrogen and oxygen atoms in total. The Bertz CT molecular complexity index is 454. The summed E-state index contributed by atoms with van der Waals surface area (Å²) in [6.45, 7) is 9.86. The number of carbonyl (C=O) groups is 4. The van der Waals surface area contributed by atoms with E-state index in [1.165, 1.54) is 13.8 Å². The summed E-state index contributed by atoms with van der Waals surface area (Å²) >= 11 is 0. The van der Waals surface area contributed by atoms with Crippen molar-refractivity contribution < 1.29 is 44.7 Å². The standard InChI is InChI=1S/2C5H11NO2.C4H9NO3.C3H7NO2/c2*1-3(2)4(6)5(7)8;1-2(6)3(5)4(7)8;1-2(4)3(5)6/h2*3-4H,6H2,1-2H3,(H,7,8);2-3,6H,5H2,1H3,(H,7,8);2H,4H2,1H3,(H,5,6)/t2*4-;2-,3+;2-/m0010/s1.